The minimum atomic E-state index is -0.163. The maximum atomic E-state index is 12.8. The zero-order valence-electron chi connectivity index (χ0n) is 18.5. The molecule has 1 aliphatic rings. The number of aromatic nitrogens is 2. The molecule has 1 N–H and O–H groups in total. The average Bonchev–Trinajstić information content (AvgIpc) is 2.85. The van der Waals surface area contributed by atoms with Crippen molar-refractivity contribution in [2.45, 2.75) is 26.2 Å². The van der Waals surface area contributed by atoms with Crippen LogP contribution in [0.2, 0.25) is 0 Å². The number of carbonyl (C=O) groups excluding carboxylic acids is 1. The molecule has 2 aromatic carbocycles. The molecule has 166 valence electrons. The number of nitrogens with zero attached hydrogens (tertiary/aromatic N) is 3. The molecule has 1 saturated heterocycles. The highest BCUT2D eigenvalue weighted by atomic mass is 16.5. The number of aryl methyl sites for hydroxylation is 1. The molecule has 0 unspecified atom stereocenters. The van der Waals surface area contributed by atoms with Crippen molar-refractivity contribution >= 4 is 17.4 Å². The molecule has 1 aliphatic heterocycles. The lowest BCUT2D eigenvalue weighted by atomic mass is 9.95. The quantitative estimate of drug-likeness (QED) is 0.643. The average molecular weight is 433 g/mol. The Bertz CT molecular complexity index is 1130. The normalized spacial score (nSPS) is 14.2. The van der Waals surface area contributed by atoms with E-state index < -0.39 is 0 Å². The Morgan fingerprint density at radius 1 is 1.06 bits per heavy atom. The zero-order valence-corrected chi connectivity index (χ0v) is 18.5. The predicted molar refractivity (Wildman–Crippen MR) is 126 cm³/mol. The van der Waals surface area contributed by atoms with Gasteiger partial charge in [0.25, 0.3) is 5.56 Å². The predicted octanol–water partition coefficient (Wildman–Crippen LogP) is 3.66. The van der Waals surface area contributed by atoms with E-state index in [9.17, 15) is 9.59 Å². The van der Waals surface area contributed by atoms with Gasteiger partial charge in [-0.05, 0) is 55.2 Å². The lowest BCUT2D eigenvalue weighted by molar-refractivity contribution is -0.120. The summed E-state index contributed by atoms with van der Waals surface area (Å²) in [4.78, 5) is 27.3. The fraction of sp³-hybridized carbons (Fsp3) is 0.320. The summed E-state index contributed by atoms with van der Waals surface area (Å²) in [6, 6.07) is 18.6. The van der Waals surface area contributed by atoms with Crippen LogP contribution in [0.3, 0.4) is 0 Å². The number of methoxy groups -OCH3 is 1. The summed E-state index contributed by atoms with van der Waals surface area (Å²) < 4.78 is 6.76. The fourth-order valence-corrected chi connectivity index (χ4v) is 3.98. The first kappa shape index (κ1) is 21.6. The summed E-state index contributed by atoms with van der Waals surface area (Å²) in [5.41, 5.74) is 2.49. The smallest absolute Gasteiger partial charge is 0.271 e. The lowest BCUT2D eigenvalue weighted by Gasteiger charge is -2.32. The van der Waals surface area contributed by atoms with Crippen molar-refractivity contribution in [3.63, 3.8) is 0 Å². The van der Waals surface area contributed by atoms with Crippen LogP contribution in [0.25, 0.3) is 5.69 Å². The minimum Gasteiger partial charge on any atom is -0.495 e. The fourth-order valence-electron chi connectivity index (χ4n) is 3.98. The standard InChI is InChI=1S/C25H28N4O3/c1-3-18-8-10-20(11-9-18)29-24(30)13-12-23(27-29)28-16-14-19(15-17-28)25(31)26-21-6-4-5-7-22(21)32-2/h4-13,19H,3,14-17H2,1-2H3,(H,26,31). The van der Waals surface area contributed by atoms with Crippen molar-refractivity contribution < 1.29 is 9.53 Å². The summed E-state index contributed by atoms with van der Waals surface area (Å²) in [5.74, 6) is 1.32. The van der Waals surface area contributed by atoms with Gasteiger partial charge in [-0.1, -0.05) is 31.2 Å². The summed E-state index contributed by atoms with van der Waals surface area (Å²) in [6.07, 6.45) is 2.38. The highest BCUT2D eigenvalue weighted by molar-refractivity contribution is 5.94. The van der Waals surface area contributed by atoms with Crippen LogP contribution in [-0.2, 0) is 11.2 Å². The van der Waals surface area contributed by atoms with Gasteiger partial charge in [-0.3, -0.25) is 9.59 Å². The van der Waals surface area contributed by atoms with Crippen LogP contribution in [0, 0.1) is 5.92 Å². The number of para-hydroxylation sites is 2. The van der Waals surface area contributed by atoms with Crippen molar-refractivity contribution in [3.8, 4) is 11.4 Å². The van der Waals surface area contributed by atoms with Crippen LogP contribution in [0.4, 0.5) is 11.5 Å². The number of hydrogen-bond donors (Lipinski definition) is 1. The first-order valence-corrected chi connectivity index (χ1v) is 11.0. The molecule has 0 spiro atoms. The van der Waals surface area contributed by atoms with Gasteiger partial charge in [-0.15, -0.1) is 5.10 Å². The van der Waals surface area contributed by atoms with Crippen molar-refractivity contribution in [1.82, 2.24) is 9.78 Å². The van der Waals surface area contributed by atoms with E-state index in [4.69, 9.17) is 4.74 Å². The van der Waals surface area contributed by atoms with Crippen LogP contribution < -0.4 is 20.5 Å². The van der Waals surface area contributed by atoms with E-state index in [-0.39, 0.29) is 17.4 Å². The van der Waals surface area contributed by atoms with E-state index in [1.165, 1.54) is 10.2 Å². The number of carbonyl (C=O) groups is 1. The molecule has 1 fully saturated rings. The second kappa shape index (κ2) is 9.68. The second-order valence-electron chi connectivity index (χ2n) is 7.91. The van der Waals surface area contributed by atoms with Crippen LogP contribution in [0.15, 0.2) is 65.5 Å². The molecule has 32 heavy (non-hydrogen) atoms. The third-order valence-electron chi connectivity index (χ3n) is 5.93. The van der Waals surface area contributed by atoms with E-state index >= 15 is 0 Å². The summed E-state index contributed by atoms with van der Waals surface area (Å²) in [6.45, 7) is 3.49. The number of ether oxygens (including phenoxy) is 1. The molecule has 0 atom stereocenters. The van der Waals surface area contributed by atoms with Crippen LogP contribution in [0.1, 0.15) is 25.3 Å². The van der Waals surface area contributed by atoms with E-state index in [2.05, 4.69) is 22.2 Å². The molecule has 3 aromatic rings. The highest BCUT2D eigenvalue weighted by Crippen LogP contribution is 2.27. The van der Waals surface area contributed by atoms with Gasteiger partial charge in [-0.25, -0.2) is 0 Å². The highest BCUT2D eigenvalue weighted by Gasteiger charge is 2.26. The third kappa shape index (κ3) is 4.66. The van der Waals surface area contributed by atoms with Crippen molar-refractivity contribution in [3.05, 3.63) is 76.6 Å². The molecule has 7 heteroatoms. The number of hydrogen-bond acceptors (Lipinski definition) is 5. The molecule has 0 bridgehead atoms. The monoisotopic (exact) mass is 432 g/mol. The van der Waals surface area contributed by atoms with E-state index in [1.807, 2.05) is 48.5 Å². The summed E-state index contributed by atoms with van der Waals surface area (Å²) in [5, 5.41) is 7.58. The van der Waals surface area contributed by atoms with Gasteiger partial charge >= 0.3 is 0 Å². The van der Waals surface area contributed by atoms with Crippen LogP contribution in [-0.4, -0.2) is 35.9 Å². The van der Waals surface area contributed by atoms with Crippen LogP contribution in [0.5, 0.6) is 5.75 Å². The Balaban J connectivity index is 1.43. The Morgan fingerprint density at radius 3 is 2.47 bits per heavy atom. The third-order valence-corrected chi connectivity index (χ3v) is 5.93. The number of amides is 1. The first-order valence-electron chi connectivity index (χ1n) is 11.0. The van der Waals surface area contributed by atoms with E-state index in [0.717, 1.165) is 17.9 Å². The van der Waals surface area contributed by atoms with Crippen molar-refractivity contribution in [2.24, 2.45) is 5.92 Å². The number of nitrogens with one attached hydrogen (secondary N) is 1. The SMILES string of the molecule is CCc1ccc(-n2nc(N3CCC(C(=O)Nc4ccccc4OC)CC3)ccc2=O)cc1. The van der Waals surface area contributed by atoms with E-state index in [0.29, 0.717) is 37.4 Å². The molecule has 0 radical (unpaired) electrons. The summed E-state index contributed by atoms with van der Waals surface area (Å²) in [7, 11) is 1.59. The molecular weight excluding hydrogens is 404 g/mol. The van der Waals surface area contributed by atoms with Gasteiger partial charge in [0.2, 0.25) is 5.91 Å². The molecule has 1 aromatic heterocycles. The maximum Gasteiger partial charge on any atom is 0.271 e. The van der Waals surface area contributed by atoms with Gasteiger partial charge in [0.1, 0.15) is 11.6 Å². The minimum absolute atomic E-state index is 0.00286. The Kier molecular flexibility index (Phi) is 6.54. The zero-order chi connectivity index (χ0) is 22.5. The molecule has 4 rings (SSSR count). The Morgan fingerprint density at radius 2 is 1.78 bits per heavy atom. The van der Waals surface area contributed by atoms with Gasteiger partial charge in [0, 0.05) is 25.1 Å². The largest absolute Gasteiger partial charge is 0.495 e. The molecular formula is C25H28N4O3. The topological polar surface area (TPSA) is 76.5 Å². The van der Waals surface area contributed by atoms with Crippen molar-refractivity contribution in [1.29, 1.82) is 0 Å². The second-order valence-corrected chi connectivity index (χ2v) is 7.91. The number of piperidine rings is 1. The van der Waals surface area contributed by atoms with Gasteiger partial charge < -0.3 is 15.0 Å². The number of rotatable bonds is 6. The van der Waals surface area contributed by atoms with Crippen molar-refractivity contribution in [2.75, 3.05) is 30.4 Å². The lowest BCUT2D eigenvalue weighted by Crippen LogP contribution is -2.39. The van der Waals surface area contributed by atoms with Gasteiger partial charge in [-0.2, -0.15) is 4.68 Å². The Labute approximate surface area is 187 Å². The molecule has 7 nitrogen and oxygen atoms in total. The number of benzene rings is 2. The van der Waals surface area contributed by atoms with Gasteiger partial charge in [0.15, 0.2) is 0 Å². The molecule has 2 heterocycles. The van der Waals surface area contributed by atoms with E-state index in [1.54, 1.807) is 19.2 Å². The first-order chi connectivity index (χ1) is 15.6. The number of anilines is 2. The summed E-state index contributed by atoms with van der Waals surface area (Å²) >= 11 is 0. The Hall–Kier alpha value is -3.61. The maximum absolute atomic E-state index is 12.8. The molecule has 0 saturated carbocycles. The molecule has 1 amide bonds. The molecule has 0 aliphatic carbocycles. The van der Waals surface area contributed by atoms with Crippen LogP contribution >= 0.6 is 0 Å². The van der Waals surface area contributed by atoms with Gasteiger partial charge in [0.05, 0.1) is 18.5 Å².